The first-order valence-corrected chi connectivity index (χ1v) is 11.0. The molecule has 0 saturated carbocycles. The minimum Gasteiger partial charge on any atom is -0.369 e. The largest absolute Gasteiger partial charge is 0.419 e. The van der Waals surface area contributed by atoms with Crippen molar-refractivity contribution in [2.75, 3.05) is 63.8 Å². The minimum atomic E-state index is -4.72. The van der Waals surface area contributed by atoms with Crippen molar-refractivity contribution in [1.82, 2.24) is 14.7 Å². The summed E-state index contributed by atoms with van der Waals surface area (Å²) in [6, 6.07) is 3.66. The van der Waals surface area contributed by atoms with E-state index in [4.69, 9.17) is 0 Å². The fraction of sp³-hybridized carbons (Fsp3) is 0.682. The molecule has 2 aliphatic heterocycles. The van der Waals surface area contributed by atoms with E-state index in [0.717, 1.165) is 51.2 Å². The third-order valence-electron chi connectivity index (χ3n) is 6.35. The monoisotopic (exact) mass is 444 g/mol. The van der Waals surface area contributed by atoms with E-state index >= 15 is 0 Å². The van der Waals surface area contributed by atoms with Crippen molar-refractivity contribution in [1.29, 1.82) is 0 Å². The molecular weight excluding hydrogens is 412 g/mol. The fourth-order valence-electron chi connectivity index (χ4n) is 4.40. The summed E-state index contributed by atoms with van der Waals surface area (Å²) in [4.78, 5) is 20.9. The molecule has 2 aliphatic rings. The van der Waals surface area contributed by atoms with E-state index in [1.54, 1.807) is 0 Å². The van der Waals surface area contributed by atoms with Crippen molar-refractivity contribution in [2.24, 2.45) is 0 Å². The summed E-state index contributed by atoms with van der Waals surface area (Å²) < 4.78 is 52.4. The maximum absolute atomic E-state index is 13.5. The average Bonchev–Trinajstić information content (AvgIpc) is 2.74. The van der Waals surface area contributed by atoms with Gasteiger partial charge in [-0.05, 0) is 31.5 Å². The van der Waals surface area contributed by atoms with E-state index in [0.29, 0.717) is 44.5 Å². The summed E-state index contributed by atoms with van der Waals surface area (Å²) in [7, 11) is 0. The molecule has 9 heteroatoms. The van der Waals surface area contributed by atoms with Gasteiger partial charge in [0.2, 0.25) is 5.91 Å². The number of carbonyl (C=O) groups is 1. The zero-order valence-corrected chi connectivity index (χ0v) is 18.3. The summed E-state index contributed by atoms with van der Waals surface area (Å²) in [5.74, 6) is -1.15. The number of hydrogen-bond acceptors (Lipinski definition) is 4. The Hall–Kier alpha value is -1.87. The summed E-state index contributed by atoms with van der Waals surface area (Å²) in [5, 5.41) is 0. The highest BCUT2D eigenvalue weighted by Crippen LogP contribution is 2.34. The molecule has 0 radical (unpaired) electrons. The maximum Gasteiger partial charge on any atom is 0.419 e. The molecule has 0 N–H and O–H groups in total. The molecular formula is C22H32F4N4O. The number of hydrogen-bond donors (Lipinski definition) is 0. The van der Waals surface area contributed by atoms with Crippen LogP contribution in [0, 0.1) is 5.82 Å². The quantitative estimate of drug-likeness (QED) is 0.630. The minimum absolute atomic E-state index is 0.109. The van der Waals surface area contributed by atoms with Gasteiger partial charge in [0, 0.05) is 64.1 Å². The Balaban J connectivity index is 1.47. The van der Waals surface area contributed by atoms with Gasteiger partial charge in [0.1, 0.15) is 5.82 Å². The maximum atomic E-state index is 13.5. The molecule has 1 unspecified atom stereocenters. The highest BCUT2D eigenvalue weighted by molar-refractivity contribution is 5.78. The highest BCUT2D eigenvalue weighted by atomic mass is 19.4. The van der Waals surface area contributed by atoms with Crippen LogP contribution in [-0.4, -0.2) is 85.6 Å². The Bertz CT molecular complexity index is 742. The van der Waals surface area contributed by atoms with Gasteiger partial charge < -0.3 is 9.80 Å². The van der Waals surface area contributed by atoms with Gasteiger partial charge in [-0.25, -0.2) is 4.39 Å². The Kier molecular flexibility index (Phi) is 7.80. The Morgan fingerprint density at radius 1 is 1.03 bits per heavy atom. The molecule has 0 bridgehead atoms. The molecule has 2 saturated heterocycles. The van der Waals surface area contributed by atoms with Crippen LogP contribution >= 0.6 is 0 Å². The molecule has 5 nitrogen and oxygen atoms in total. The topological polar surface area (TPSA) is 30.0 Å². The molecule has 0 aromatic heterocycles. The Morgan fingerprint density at radius 2 is 1.68 bits per heavy atom. The van der Waals surface area contributed by atoms with Crippen LogP contribution in [0.3, 0.4) is 0 Å². The van der Waals surface area contributed by atoms with Gasteiger partial charge in [0.05, 0.1) is 12.1 Å². The summed E-state index contributed by atoms with van der Waals surface area (Å²) in [6.45, 7) is 10.2. The molecule has 0 spiro atoms. The number of benzene rings is 1. The number of carbonyl (C=O) groups excluding carboxylic acids is 1. The zero-order chi connectivity index (χ0) is 22.6. The summed E-state index contributed by atoms with van der Waals surface area (Å²) in [6.07, 6.45) is -2.40. The smallest absolute Gasteiger partial charge is 0.369 e. The van der Waals surface area contributed by atoms with Gasteiger partial charge in [0.15, 0.2) is 0 Å². The third-order valence-corrected chi connectivity index (χ3v) is 6.35. The molecule has 1 aromatic rings. The first kappa shape index (κ1) is 23.8. The van der Waals surface area contributed by atoms with Crippen LogP contribution in [0.2, 0.25) is 0 Å². The van der Waals surface area contributed by atoms with Gasteiger partial charge in [-0.3, -0.25) is 14.6 Å². The standard InChI is InChI=1S/C22H32F4N4O/c1-3-4-17(2)28-11-13-30(14-12-28)21(31)16-27-7-9-29(10-8-27)18-5-6-20(23)19(15-18)22(24,25)26/h5-6,15,17H,3-4,7-14,16H2,1-2H3. The first-order chi connectivity index (χ1) is 14.7. The number of piperazine rings is 2. The number of amides is 1. The van der Waals surface area contributed by atoms with Gasteiger partial charge in [-0.15, -0.1) is 0 Å². The highest BCUT2D eigenvalue weighted by Gasteiger charge is 2.35. The summed E-state index contributed by atoms with van der Waals surface area (Å²) in [5.41, 5.74) is -0.882. The number of nitrogens with zero attached hydrogens (tertiary/aromatic N) is 4. The number of halogens is 4. The molecule has 2 fully saturated rings. The fourth-order valence-corrected chi connectivity index (χ4v) is 4.40. The van der Waals surface area contributed by atoms with E-state index in [1.807, 2.05) is 14.7 Å². The van der Waals surface area contributed by atoms with E-state index < -0.39 is 17.6 Å². The third kappa shape index (κ3) is 6.10. The van der Waals surface area contributed by atoms with Gasteiger partial charge in [0.25, 0.3) is 0 Å². The van der Waals surface area contributed by atoms with Crippen LogP contribution in [0.5, 0.6) is 0 Å². The lowest BCUT2D eigenvalue weighted by molar-refractivity contribution is -0.140. The van der Waals surface area contributed by atoms with Crippen LogP contribution in [0.4, 0.5) is 23.2 Å². The van der Waals surface area contributed by atoms with Crippen molar-refractivity contribution < 1.29 is 22.4 Å². The van der Waals surface area contributed by atoms with E-state index in [9.17, 15) is 22.4 Å². The molecule has 3 rings (SSSR count). The van der Waals surface area contributed by atoms with E-state index in [2.05, 4.69) is 18.7 Å². The van der Waals surface area contributed by atoms with E-state index in [-0.39, 0.29) is 5.91 Å². The van der Waals surface area contributed by atoms with Gasteiger partial charge in [-0.2, -0.15) is 13.2 Å². The molecule has 1 aromatic carbocycles. The van der Waals surface area contributed by atoms with E-state index in [1.165, 1.54) is 6.07 Å². The molecule has 1 amide bonds. The molecule has 1 atom stereocenters. The van der Waals surface area contributed by atoms with Crippen molar-refractivity contribution >= 4 is 11.6 Å². The van der Waals surface area contributed by atoms with Crippen LogP contribution < -0.4 is 4.90 Å². The first-order valence-electron chi connectivity index (χ1n) is 11.0. The zero-order valence-electron chi connectivity index (χ0n) is 18.3. The van der Waals surface area contributed by atoms with Crippen LogP contribution in [0.1, 0.15) is 32.3 Å². The van der Waals surface area contributed by atoms with Crippen molar-refractivity contribution in [2.45, 2.75) is 38.9 Å². The van der Waals surface area contributed by atoms with Gasteiger partial charge >= 0.3 is 6.18 Å². The predicted octanol–water partition coefficient (Wildman–Crippen LogP) is 3.30. The molecule has 31 heavy (non-hydrogen) atoms. The Morgan fingerprint density at radius 3 is 2.26 bits per heavy atom. The molecule has 2 heterocycles. The van der Waals surface area contributed by atoms with Gasteiger partial charge in [-0.1, -0.05) is 13.3 Å². The van der Waals surface area contributed by atoms with Crippen LogP contribution in [0.25, 0.3) is 0 Å². The predicted molar refractivity (Wildman–Crippen MR) is 113 cm³/mol. The SMILES string of the molecule is CCCC(C)N1CCN(C(=O)CN2CCN(c3ccc(F)c(C(F)(F)F)c3)CC2)CC1. The number of rotatable bonds is 6. The normalized spacial score (nSPS) is 20.2. The second kappa shape index (κ2) is 10.2. The average molecular weight is 445 g/mol. The Labute approximate surface area is 181 Å². The number of anilines is 1. The molecule has 174 valence electrons. The second-order valence-corrected chi connectivity index (χ2v) is 8.48. The number of alkyl halides is 3. The second-order valence-electron chi connectivity index (χ2n) is 8.48. The van der Waals surface area contributed by atoms with Crippen LogP contribution in [-0.2, 0) is 11.0 Å². The van der Waals surface area contributed by atoms with Crippen molar-refractivity contribution in [3.05, 3.63) is 29.6 Å². The molecule has 0 aliphatic carbocycles. The van der Waals surface area contributed by atoms with Crippen molar-refractivity contribution in [3.63, 3.8) is 0 Å². The lowest BCUT2D eigenvalue weighted by atomic mass is 10.1. The van der Waals surface area contributed by atoms with Crippen LogP contribution in [0.15, 0.2) is 18.2 Å². The van der Waals surface area contributed by atoms with Crippen molar-refractivity contribution in [3.8, 4) is 0 Å². The lowest BCUT2D eigenvalue weighted by Gasteiger charge is -2.40. The summed E-state index contributed by atoms with van der Waals surface area (Å²) >= 11 is 0. The lowest BCUT2D eigenvalue weighted by Crippen LogP contribution is -2.55.